The number of ether oxygens (including phenoxy) is 1. The summed E-state index contributed by atoms with van der Waals surface area (Å²) in [6.07, 6.45) is 0.945. The number of esters is 1. The zero-order valence-electron chi connectivity index (χ0n) is 13.6. The molecule has 1 aliphatic rings. The second-order valence-corrected chi connectivity index (χ2v) is 7.73. The van der Waals surface area contributed by atoms with Crippen molar-refractivity contribution in [3.8, 4) is 0 Å². The molecule has 1 N–H and O–H groups in total. The number of aliphatic carboxylic acids is 1. The highest BCUT2D eigenvalue weighted by molar-refractivity contribution is 7.89. The van der Waals surface area contributed by atoms with E-state index in [4.69, 9.17) is 0 Å². The van der Waals surface area contributed by atoms with Crippen molar-refractivity contribution in [1.82, 2.24) is 4.31 Å². The van der Waals surface area contributed by atoms with Crippen LogP contribution in [0, 0.1) is 5.92 Å². The third-order valence-corrected chi connectivity index (χ3v) is 6.31. The first kappa shape index (κ1) is 18.4. The van der Waals surface area contributed by atoms with Crippen LogP contribution in [0.2, 0.25) is 0 Å². The molecular formula is C16H21NO6S. The van der Waals surface area contributed by atoms with Gasteiger partial charge in [0.1, 0.15) is 0 Å². The lowest BCUT2D eigenvalue weighted by Gasteiger charge is -2.36. The summed E-state index contributed by atoms with van der Waals surface area (Å²) in [5.41, 5.74) is 0.530. The summed E-state index contributed by atoms with van der Waals surface area (Å²) in [4.78, 5) is 22.7. The number of carboxylic acids is 1. The third-order valence-electron chi connectivity index (χ3n) is 4.33. The van der Waals surface area contributed by atoms with Crippen LogP contribution in [-0.2, 0) is 30.8 Å². The second kappa shape index (κ2) is 7.31. The Hall–Kier alpha value is -1.93. The molecule has 0 aromatic heterocycles. The van der Waals surface area contributed by atoms with Gasteiger partial charge in [-0.3, -0.25) is 9.59 Å². The van der Waals surface area contributed by atoms with Gasteiger partial charge in [-0.25, -0.2) is 8.42 Å². The number of hydrogen-bond acceptors (Lipinski definition) is 5. The maximum atomic E-state index is 12.9. The van der Waals surface area contributed by atoms with Crippen molar-refractivity contribution in [2.45, 2.75) is 37.1 Å². The van der Waals surface area contributed by atoms with Crippen LogP contribution in [0.1, 0.15) is 25.3 Å². The standard InChI is InChI=1S/C16H21NO6S/c1-11-14(16(19)20)7-4-8-17(11)24(21,22)13-6-3-5-12(9-13)10-15(18)23-2/h3,5-6,9,11,14H,4,7-8,10H2,1-2H3,(H,19,20)/t11-,14-/m0/s1. The van der Waals surface area contributed by atoms with Gasteiger partial charge in [0.2, 0.25) is 10.0 Å². The predicted octanol–water partition coefficient (Wildman–Crippen LogP) is 1.28. The molecule has 24 heavy (non-hydrogen) atoms. The largest absolute Gasteiger partial charge is 0.481 e. The zero-order valence-corrected chi connectivity index (χ0v) is 14.5. The molecule has 2 rings (SSSR count). The SMILES string of the molecule is COC(=O)Cc1cccc(S(=O)(=O)N2CCC[C@H](C(=O)O)[C@@H]2C)c1. The maximum absolute atomic E-state index is 12.9. The van der Waals surface area contributed by atoms with E-state index in [0.29, 0.717) is 18.4 Å². The molecule has 0 bridgehead atoms. The minimum absolute atomic E-state index is 0.0207. The summed E-state index contributed by atoms with van der Waals surface area (Å²) in [5, 5.41) is 9.26. The van der Waals surface area contributed by atoms with Gasteiger partial charge in [0.05, 0.1) is 24.3 Å². The summed E-state index contributed by atoms with van der Waals surface area (Å²) < 4.78 is 31.6. The van der Waals surface area contributed by atoms with Crippen LogP contribution in [0.25, 0.3) is 0 Å². The van der Waals surface area contributed by atoms with Crippen LogP contribution in [0.5, 0.6) is 0 Å². The molecular weight excluding hydrogens is 334 g/mol. The second-order valence-electron chi connectivity index (χ2n) is 5.84. The Balaban J connectivity index is 2.31. The molecule has 1 aromatic rings. The highest BCUT2D eigenvalue weighted by atomic mass is 32.2. The van der Waals surface area contributed by atoms with Crippen molar-refractivity contribution in [2.24, 2.45) is 5.92 Å². The molecule has 0 aliphatic carbocycles. The van der Waals surface area contributed by atoms with E-state index in [9.17, 15) is 23.1 Å². The molecule has 7 nitrogen and oxygen atoms in total. The molecule has 8 heteroatoms. The molecule has 1 aliphatic heterocycles. The Morgan fingerprint density at radius 2 is 2.08 bits per heavy atom. The van der Waals surface area contributed by atoms with Crippen LogP contribution < -0.4 is 0 Å². The van der Waals surface area contributed by atoms with Gasteiger partial charge in [-0.05, 0) is 37.5 Å². The van der Waals surface area contributed by atoms with Crippen LogP contribution in [-0.4, -0.2) is 49.5 Å². The van der Waals surface area contributed by atoms with Gasteiger partial charge in [0.15, 0.2) is 0 Å². The molecule has 132 valence electrons. The Morgan fingerprint density at radius 1 is 1.38 bits per heavy atom. The number of benzene rings is 1. The smallest absolute Gasteiger partial charge is 0.309 e. The number of nitrogens with zero attached hydrogens (tertiary/aromatic N) is 1. The number of sulfonamides is 1. The van der Waals surface area contributed by atoms with Crippen LogP contribution in [0.4, 0.5) is 0 Å². The summed E-state index contributed by atoms with van der Waals surface area (Å²) in [7, 11) is -2.56. The predicted molar refractivity (Wildman–Crippen MR) is 85.9 cm³/mol. The van der Waals surface area contributed by atoms with E-state index in [2.05, 4.69) is 4.74 Å². The highest BCUT2D eigenvalue weighted by Crippen LogP contribution is 2.29. The van der Waals surface area contributed by atoms with E-state index < -0.39 is 33.9 Å². The quantitative estimate of drug-likeness (QED) is 0.799. The van der Waals surface area contributed by atoms with Crippen molar-refractivity contribution in [1.29, 1.82) is 0 Å². The van der Waals surface area contributed by atoms with E-state index in [0.717, 1.165) is 0 Å². The maximum Gasteiger partial charge on any atom is 0.309 e. The third kappa shape index (κ3) is 3.76. The lowest BCUT2D eigenvalue weighted by Crippen LogP contribution is -2.48. The monoisotopic (exact) mass is 355 g/mol. The highest BCUT2D eigenvalue weighted by Gasteiger charge is 2.39. The minimum atomic E-state index is -3.82. The molecule has 0 saturated carbocycles. The van der Waals surface area contributed by atoms with E-state index in [1.54, 1.807) is 19.1 Å². The molecule has 1 heterocycles. The molecule has 0 unspecified atom stereocenters. The summed E-state index contributed by atoms with van der Waals surface area (Å²) in [5.74, 6) is -2.16. The van der Waals surface area contributed by atoms with Crippen molar-refractivity contribution >= 4 is 22.0 Å². The summed E-state index contributed by atoms with van der Waals surface area (Å²) in [6.45, 7) is 1.91. The van der Waals surface area contributed by atoms with Crippen LogP contribution in [0.15, 0.2) is 29.2 Å². The number of rotatable bonds is 5. The molecule has 0 amide bonds. The topological polar surface area (TPSA) is 101 Å². The number of methoxy groups -OCH3 is 1. The van der Waals surface area contributed by atoms with E-state index in [1.165, 1.54) is 23.5 Å². The number of carboxylic acid groups (broad SMARTS) is 1. The van der Waals surface area contributed by atoms with Crippen molar-refractivity contribution in [3.05, 3.63) is 29.8 Å². The van der Waals surface area contributed by atoms with Crippen molar-refractivity contribution < 1.29 is 27.9 Å². The van der Waals surface area contributed by atoms with E-state index >= 15 is 0 Å². The van der Waals surface area contributed by atoms with Gasteiger partial charge in [-0.15, -0.1) is 0 Å². The van der Waals surface area contributed by atoms with E-state index in [-0.39, 0.29) is 17.9 Å². The van der Waals surface area contributed by atoms with Crippen molar-refractivity contribution in [2.75, 3.05) is 13.7 Å². The molecule has 1 saturated heterocycles. The van der Waals surface area contributed by atoms with Gasteiger partial charge in [-0.1, -0.05) is 12.1 Å². The fourth-order valence-electron chi connectivity index (χ4n) is 2.97. The average Bonchev–Trinajstić information content (AvgIpc) is 2.54. The molecule has 0 radical (unpaired) electrons. The number of carbonyl (C=O) groups is 2. The normalized spacial score (nSPS) is 22.1. The van der Waals surface area contributed by atoms with Crippen LogP contribution in [0.3, 0.4) is 0 Å². The van der Waals surface area contributed by atoms with Gasteiger partial charge in [0.25, 0.3) is 0 Å². The van der Waals surface area contributed by atoms with E-state index in [1.807, 2.05) is 0 Å². The fraction of sp³-hybridized carbons (Fsp3) is 0.500. The molecule has 1 fully saturated rings. The Labute approximate surface area is 141 Å². The van der Waals surface area contributed by atoms with Gasteiger partial charge in [-0.2, -0.15) is 4.31 Å². The fourth-order valence-corrected chi connectivity index (χ4v) is 4.75. The van der Waals surface area contributed by atoms with Gasteiger partial charge < -0.3 is 9.84 Å². The first-order valence-electron chi connectivity index (χ1n) is 7.67. The first-order chi connectivity index (χ1) is 11.3. The first-order valence-corrected chi connectivity index (χ1v) is 9.11. The number of hydrogen-bond donors (Lipinski definition) is 1. The molecule has 2 atom stereocenters. The lowest BCUT2D eigenvalue weighted by atomic mass is 9.92. The Morgan fingerprint density at radius 3 is 2.71 bits per heavy atom. The Bertz CT molecular complexity index is 730. The zero-order chi connectivity index (χ0) is 17.9. The number of carbonyl (C=O) groups excluding carboxylic acids is 1. The molecule has 0 spiro atoms. The number of piperidine rings is 1. The summed E-state index contributed by atoms with van der Waals surface area (Å²) in [6, 6.07) is 5.48. The minimum Gasteiger partial charge on any atom is -0.481 e. The lowest BCUT2D eigenvalue weighted by molar-refractivity contribution is -0.144. The average molecular weight is 355 g/mol. The van der Waals surface area contributed by atoms with Gasteiger partial charge >= 0.3 is 11.9 Å². The van der Waals surface area contributed by atoms with Crippen LogP contribution >= 0.6 is 0 Å². The van der Waals surface area contributed by atoms with Gasteiger partial charge in [0, 0.05) is 12.6 Å². The van der Waals surface area contributed by atoms with Crippen molar-refractivity contribution in [3.63, 3.8) is 0 Å². The summed E-state index contributed by atoms with van der Waals surface area (Å²) >= 11 is 0. The molecule has 1 aromatic carbocycles. The Kier molecular flexibility index (Phi) is 5.61.